The fourth-order valence-electron chi connectivity index (χ4n) is 0.858. The van der Waals surface area contributed by atoms with E-state index in [4.69, 9.17) is 5.73 Å². The molecule has 98 valence electrons. The summed E-state index contributed by atoms with van der Waals surface area (Å²) in [6.45, 7) is 3.42. The molecule has 0 radical (unpaired) electrons. The largest absolute Gasteiger partial charge is 2.00 e. The summed E-state index contributed by atoms with van der Waals surface area (Å²) in [5.41, 5.74) is 4.72. The van der Waals surface area contributed by atoms with Crippen molar-refractivity contribution < 1.29 is 43.8 Å². The number of carbonyl (C=O) groups is 1. The molecular weight excluding hydrogens is 353 g/mol. The van der Waals surface area contributed by atoms with Gasteiger partial charge in [-0.2, -0.15) is 79.2 Å². The Labute approximate surface area is 147 Å². The number of primary amides is 1. The molecule has 0 heterocycles. The number of amides is 1. The molecule has 0 unspecified atom stereocenters. The molecule has 0 aromatic heterocycles. The van der Waals surface area contributed by atoms with Crippen LogP contribution in [0.5, 0.6) is 0 Å². The molecule has 0 bridgehead atoms. The van der Waals surface area contributed by atoms with E-state index < -0.39 is 0 Å². The predicted molar refractivity (Wildman–Crippen MR) is 74.3 cm³/mol. The van der Waals surface area contributed by atoms with Crippen LogP contribution in [-0.2, 0) is 43.8 Å². The third-order valence-corrected chi connectivity index (χ3v) is 1.64. The third kappa shape index (κ3) is 22.3. The van der Waals surface area contributed by atoms with Gasteiger partial charge >= 0.3 is 19.5 Å². The molecule has 0 aliphatic heterocycles. The Hall–Kier alpha value is -0.843. The first-order chi connectivity index (χ1) is 8.77. The summed E-state index contributed by atoms with van der Waals surface area (Å²) in [6.07, 6.45) is 1.01. The van der Waals surface area contributed by atoms with Gasteiger partial charge < -0.3 is 12.7 Å². The van der Waals surface area contributed by atoms with E-state index in [9.17, 15) is 4.79 Å². The molecule has 0 saturated heterocycles. The average Bonchev–Trinajstić information content (AvgIpc) is 2.44. The zero-order valence-corrected chi connectivity index (χ0v) is 17.7. The molecule has 0 saturated carbocycles. The first kappa shape index (κ1) is 24.2. The summed E-state index contributed by atoms with van der Waals surface area (Å²) in [4.78, 5) is 9.78. The summed E-state index contributed by atoms with van der Waals surface area (Å²) in [7, 11) is 0. The standard InChI is InChI=1S/2C6H5.C4H8NO.2Zn/c2*1-2-4-6-5-3-1;1-2-3-4(5)6;;/h2*1-5H;1-3H2,(H2,5,6);;/q3*-1;;+2. The van der Waals surface area contributed by atoms with Gasteiger partial charge in [0.15, 0.2) is 0 Å². The zero-order chi connectivity index (χ0) is 13.5. The Morgan fingerprint density at radius 2 is 1.25 bits per heavy atom. The van der Waals surface area contributed by atoms with Crippen molar-refractivity contribution in [3.63, 3.8) is 0 Å². The van der Waals surface area contributed by atoms with Gasteiger partial charge in [0.2, 0.25) is 5.91 Å². The minimum absolute atomic E-state index is 0. The van der Waals surface area contributed by atoms with Gasteiger partial charge in [0.1, 0.15) is 0 Å². The summed E-state index contributed by atoms with van der Waals surface area (Å²) in [5, 5.41) is 0. The summed E-state index contributed by atoms with van der Waals surface area (Å²) >= 11 is 0. The van der Waals surface area contributed by atoms with Crippen LogP contribution in [-0.4, -0.2) is 5.91 Å². The van der Waals surface area contributed by atoms with Crippen molar-refractivity contribution in [2.24, 2.45) is 5.73 Å². The van der Waals surface area contributed by atoms with Gasteiger partial charge in [-0.3, -0.25) is 4.79 Å². The van der Waals surface area contributed by atoms with Crippen LogP contribution in [0.25, 0.3) is 0 Å². The van der Waals surface area contributed by atoms with Crippen molar-refractivity contribution in [2.45, 2.75) is 12.8 Å². The van der Waals surface area contributed by atoms with Crippen LogP contribution < -0.4 is 5.73 Å². The third-order valence-electron chi connectivity index (χ3n) is 1.64. The maximum Gasteiger partial charge on any atom is 2.00 e. The predicted octanol–water partition coefficient (Wildman–Crippen LogP) is 3.05. The minimum atomic E-state index is -0.273. The van der Waals surface area contributed by atoms with E-state index in [0.29, 0.717) is 12.8 Å². The first-order valence-electron chi connectivity index (χ1n) is 5.67. The molecule has 2 aromatic carbocycles. The number of nitrogens with two attached hydrogens (primary N) is 1. The number of hydrogen-bond donors (Lipinski definition) is 1. The Balaban J connectivity index is -0.000000206. The number of hydrogen-bond acceptors (Lipinski definition) is 1. The molecule has 4 heteroatoms. The van der Waals surface area contributed by atoms with E-state index in [2.05, 4.69) is 19.1 Å². The molecule has 2 N–H and O–H groups in total. The number of benzene rings is 2. The molecule has 0 atom stereocenters. The second-order valence-electron chi connectivity index (χ2n) is 3.22. The fraction of sp³-hybridized carbons (Fsp3) is 0.125. The maximum absolute atomic E-state index is 9.78. The zero-order valence-electron chi connectivity index (χ0n) is 11.8. The van der Waals surface area contributed by atoms with E-state index in [1.807, 2.05) is 60.7 Å². The van der Waals surface area contributed by atoms with Crippen molar-refractivity contribution in [3.05, 3.63) is 79.7 Å². The van der Waals surface area contributed by atoms with Gasteiger partial charge in [-0.15, -0.1) is 0 Å². The van der Waals surface area contributed by atoms with Gasteiger partial charge in [0.25, 0.3) is 0 Å². The van der Waals surface area contributed by atoms with Crippen LogP contribution in [0.15, 0.2) is 60.7 Å². The molecule has 2 rings (SSSR count). The smallest absolute Gasteiger partial charge is 0.370 e. The van der Waals surface area contributed by atoms with E-state index >= 15 is 0 Å². The Bertz CT molecular complexity index is 297. The van der Waals surface area contributed by atoms with E-state index in [1.54, 1.807) is 0 Å². The van der Waals surface area contributed by atoms with Gasteiger partial charge in [-0.05, 0) is 6.42 Å². The molecule has 1 amide bonds. The van der Waals surface area contributed by atoms with Crippen molar-refractivity contribution in [1.29, 1.82) is 0 Å². The maximum atomic E-state index is 9.78. The molecule has 0 aliphatic carbocycles. The topological polar surface area (TPSA) is 43.1 Å². The van der Waals surface area contributed by atoms with Crippen molar-refractivity contribution in [3.8, 4) is 0 Å². The van der Waals surface area contributed by atoms with Crippen LogP contribution in [0.3, 0.4) is 0 Å². The molecule has 20 heavy (non-hydrogen) atoms. The summed E-state index contributed by atoms with van der Waals surface area (Å²) < 4.78 is 0. The van der Waals surface area contributed by atoms with Crippen LogP contribution in [0.2, 0.25) is 0 Å². The van der Waals surface area contributed by atoms with Crippen LogP contribution in [0.1, 0.15) is 12.8 Å². The fourth-order valence-corrected chi connectivity index (χ4v) is 0.858. The van der Waals surface area contributed by atoms with E-state index in [1.165, 1.54) is 0 Å². The average molecular weight is 371 g/mol. The van der Waals surface area contributed by atoms with E-state index in [0.717, 1.165) is 0 Å². The van der Waals surface area contributed by atoms with Crippen LogP contribution >= 0.6 is 0 Å². The molecule has 2 nitrogen and oxygen atoms in total. The Kier molecular flexibility index (Phi) is 24.8. The van der Waals surface area contributed by atoms with Crippen LogP contribution in [0, 0.1) is 19.1 Å². The number of carbonyl (C=O) groups excluding carboxylic acids is 1. The molecule has 0 fully saturated rings. The monoisotopic (exact) mass is 368 g/mol. The molecule has 0 spiro atoms. The number of rotatable bonds is 2. The van der Waals surface area contributed by atoms with Crippen molar-refractivity contribution >= 4 is 5.91 Å². The van der Waals surface area contributed by atoms with E-state index in [-0.39, 0.29) is 44.9 Å². The van der Waals surface area contributed by atoms with Gasteiger partial charge in [-0.25, -0.2) is 0 Å². The van der Waals surface area contributed by atoms with Crippen molar-refractivity contribution in [2.75, 3.05) is 0 Å². The molecule has 0 aliphatic rings. The molecule has 2 aromatic rings. The van der Waals surface area contributed by atoms with Gasteiger partial charge in [0, 0.05) is 19.5 Å². The molecular formula is C16H18NOZn2-. The quantitative estimate of drug-likeness (QED) is 0.640. The SMILES string of the molecule is [CH2-]CCC(N)=O.[Zn+2].[Zn].[c-]1ccccc1.[c-]1ccccc1. The van der Waals surface area contributed by atoms with Crippen molar-refractivity contribution in [1.82, 2.24) is 0 Å². The normalized spacial score (nSPS) is 7.25. The minimum Gasteiger partial charge on any atom is -0.370 e. The van der Waals surface area contributed by atoms with Gasteiger partial charge in [0.05, 0.1) is 0 Å². The second kappa shape index (κ2) is 20.5. The second-order valence-corrected chi connectivity index (χ2v) is 3.22. The summed E-state index contributed by atoms with van der Waals surface area (Å²) in [5.74, 6) is -0.273. The Morgan fingerprint density at radius 1 is 0.900 bits per heavy atom. The first-order valence-corrected chi connectivity index (χ1v) is 5.67. The van der Waals surface area contributed by atoms with Gasteiger partial charge in [-0.1, -0.05) is 0 Å². The summed E-state index contributed by atoms with van der Waals surface area (Å²) in [6, 6.07) is 25.0. The Morgan fingerprint density at radius 3 is 1.30 bits per heavy atom. The van der Waals surface area contributed by atoms with Crippen LogP contribution in [0.4, 0.5) is 0 Å².